The number of nitrogens with zero attached hydrogens (tertiary/aromatic N) is 2. The van der Waals surface area contributed by atoms with E-state index in [1.54, 1.807) is 23.0 Å². The molecule has 3 aromatic rings. The van der Waals surface area contributed by atoms with Gasteiger partial charge in [-0.1, -0.05) is 11.8 Å². The molecule has 1 N–H and O–H groups in total. The average molecular weight is 479 g/mol. The van der Waals surface area contributed by atoms with Crippen molar-refractivity contribution < 1.29 is 27.1 Å². The number of benzene rings is 1. The number of thioether (sulfide) groups is 1. The summed E-state index contributed by atoms with van der Waals surface area (Å²) in [5.41, 5.74) is 1.83. The average Bonchev–Trinajstić information content (AvgIpc) is 3.28. The maximum atomic E-state index is 12.7. The number of hydrogen-bond acceptors (Lipinski definition) is 6. The minimum atomic E-state index is -4.78. The van der Waals surface area contributed by atoms with E-state index in [9.17, 15) is 22.8 Å². The number of carbonyl (C=O) groups excluding carboxylic acids is 1. The summed E-state index contributed by atoms with van der Waals surface area (Å²) in [6.07, 6.45) is 0.234. The molecule has 7 nitrogen and oxygen atoms in total. The highest BCUT2D eigenvalue weighted by Crippen LogP contribution is 2.29. The van der Waals surface area contributed by atoms with E-state index in [2.05, 4.69) is 15.0 Å². The summed E-state index contributed by atoms with van der Waals surface area (Å²) in [4.78, 5) is 29.3. The number of alkyl halides is 3. The van der Waals surface area contributed by atoms with Crippen LogP contribution < -0.4 is 15.7 Å². The normalized spacial score (nSPS) is 13.4. The summed E-state index contributed by atoms with van der Waals surface area (Å²) in [6, 6.07) is 8.44. The van der Waals surface area contributed by atoms with Crippen LogP contribution in [0.5, 0.6) is 5.75 Å². The first kappa shape index (κ1) is 23.0. The van der Waals surface area contributed by atoms with Crippen LogP contribution in [-0.4, -0.2) is 27.6 Å². The zero-order chi connectivity index (χ0) is 23.4. The Labute approximate surface area is 191 Å². The van der Waals surface area contributed by atoms with Gasteiger partial charge in [0.25, 0.3) is 0 Å². The van der Waals surface area contributed by atoms with Gasteiger partial charge in [0.1, 0.15) is 16.5 Å². The Morgan fingerprint density at radius 2 is 1.94 bits per heavy atom. The van der Waals surface area contributed by atoms with Gasteiger partial charge in [-0.15, -0.1) is 13.2 Å². The molecule has 2 heterocycles. The lowest BCUT2D eigenvalue weighted by atomic mass is 9.97. The minimum absolute atomic E-state index is 0.00186. The van der Waals surface area contributed by atoms with Gasteiger partial charge in [0.05, 0.1) is 18.6 Å². The number of fused-ring (bicyclic) bond motifs is 1. The number of ether oxygens (including phenoxy) is 1. The molecule has 0 saturated heterocycles. The molecule has 0 atom stereocenters. The van der Waals surface area contributed by atoms with Crippen LogP contribution in [0, 0.1) is 0 Å². The van der Waals surface area contributed by atoms with Crippen LogP contribution in [0.2, 0.25) is 0 Å². The van der Waals surface area contributed by atoms with E-state index in [0.717, 1.165) is 49.1 Å². The summed E-state index contributed by atoms with van der Waals surface area (Å²) in [5.74, 6) is -0.0726. The molecule has 4 rings (SSSR count). The predicted octanol–water partition coefficient (Wildman–Crippen LogP) is 4.39. The third-order valence-electron chi connectivity index (χ3n) is 5.06. The lowest BCUT2D eigenvalue weighted by Gasteiger charge is -2.22. The zero-order valence-corrected chi connectivity index (χ0v) is 18.2. The molecule has 0 aliphatic heterocycles. The van der Waals surface area contributed by atoms with E-state index in [4.69, 9.17) is 4.42 Å². The van der Waals surface area contributed by atoms with Crippen molar-refractivity contribution in [1.29, 1.82) is 0 Å². The molecule has 33 heavy (non-hydrogen) atoms. The molecule has 0 bridgehead atoms. The molecule has 1 aromatic carbocycles. The monoisotopic (exact) mass is 479 g/mol. The second-order valence-electron chi connectivity index (χ2n) is 7.41. The maximum Gasteiger partial charge on any atom is 0.573 e. The molecule has 0 saturated carbocycles. The van der Waals surface area contributed by atoms with Crippen molar-refractivity contribution in [2.24, 2.45) is 0 Å². The number of aromatic nitrogens is 2. The van der Waals surface area contributed by atoms with Gasteiger partial charge in [-0.05, 0) is 62.1 Å². The molecule has 2 aromatic heterocycles. The van der Waals surface area contributed by atoms with E-state index in [1.807, 2.05) is 0 Å². The van der Waals surface area contributed by atoms with E-state index < -0.39 is 12.1 Å². The summed E-state index contributed by atoms with van der Waals surface area (Å²) < 4.78 is 47.6. The smallest absolute Gasteiger partial charge is 0.467 e. The molecule has 0 fully saturated rings. The molecule has 1 amide bonds. The largest absolute Gasteiger partial charge is 0.573 e. The lowest BCUT2D eigenvalue weighted by molar-refractivity contribution is -0.274. The molecular formula is C22H20F3N3O4S. The van der Waals surface area contributed by atoms with Crippen molar-refractivity contribution in [1.82, 2.24) is 9.55 Å². The third-order valence-corrected chi connectivity index (χ3v) is 6.07. The Kier molecular flexibility index (Phi) is 6.77. The summed E-state index contributed by atoms with van der Waals surface area (Å²) >= 11 is 1.17. The van der Waals surface area contributed by atoms with Gasteiger partial charge in [-0.25, -0.2) is 4.79 Å². The van der Waals surface area contributed by atoms with Gasteiger partial charge in [0.2, 0.25) is 5.91 Å². The number of nitrogens with one attached hydrogen (secondary N) is 1. The molecule has 0 radical (unpaired) electrons. The second-order valence-corrected chi connectivity index (χ2v) is 8.37. The predicted molar refractivity (Wildman–Crippen MR) is 115 cm³/mol. The SMILES string of the molecule is O=C(CSc1nc(=O)n(Cc2ccco2)c2c1CCCC2)Nc1ccc(OC(F)(F)F)cc1. The topological polar surface area (TPSA) is 86.4 Å². The van der Waals surface area contributed by atoms with Gasteiger partial charge in [-0.3, -0.25) is 9.36 Å². The van der Waals surface area contributed by atoms with E-state index >= 15 is 0 Å². The Hall–Kier alpha value is -3.21. The number of carbonyl (C=O) groups is 1. The van der Waals surface area contributed by atoms with Gasteiger partial charge in [0.15, 0.2) is 0 Å². The number of hydrogen-bond donors (Lipinski definition) is 1. The number of anilines is 1. The fraction of sp³-hybridized carbons (Fsp3) is 0.318. The minimum Gasteiger partial charge on any atom is -0.467 e. The number of furan rings is 1. The van der Waals surface area contributed by atoms with Crippen LogP contribution >= 0.6 is 11.8 Å². The molecular weight excluding hydrogens is 459 g/mol. The quantitative estimate of drug-likeness (QED) is 0.400. The second kappa shape index (κ2) is 9.74. The fourth-order valence-corrected chi connectivity index (χ4v) is 4.54. The van der Waals surface area contributed by atoms with Crippen LogP contribution in [0.15, 0.2) is 56.9 Å². The molecule has 174 valence electrons. The summed E-state index contributed by atoms with van der Waals surface area (Å²) in [6.45, 7) is 0.306. The number of amides is 1. The van der Waals surface area contributed by atoms with E-state index in [0.29, 0.717) is 23.0 Å². The number of rotatable bonds is 7. The van der Waals surface area contributed by atoms with Gasteiger partial charge < -0.3 is 14.5 Å². The molecule has 0 spiro atoms. The highest BCUT2D eigenvalue weighted by atomic mass is 32.2. The molecule has 1 aliphatic rings. The summed E-state index contributed by atoms with van der Waals surface area (Å²) in [7, 11) is 0. The van der Waals surface area contributed by atoms with Crippen molar-refractivity contribution in [3.63, 3.8) is 0 Å². The fourth-order valence-electron chi connectivity index (χ4n) is 3.66. The van der Waals surface area contributed by atoms with Gasteiger partial charge in [0, 0.05) is 16.9 Å². The van der Waals surface area contributed by atoms with Crippen molar-refractivity contribution >= 4 is 23.4 Å². The van der Waals surface area contributed by atoms with E-state index in [-0.39, 0.29) is 17.4 Å². The molecule has 11 heteroatoms. The molecule has 0 unspecified atom stereocenters. The van der Waals surface area contributed by atoms with Crippen LogP contribution in [0.4, 0.5) is 18.9 Å². The van der Waals surface area contributed by atoms with Gasteiger partial charge >= 0.3 is 12.1 Å². The van der Waals surface area contributed by atoms with E-state index in [1.165, 1.54) is 23.9 Å². The van der Waals surface area contributed by atoms with Crippen molar-refractivity contribution in [3.8, 4) is 5.75 Å². The van der Waals surface area contributed by atoms with Crippen LogP contribution in [0.3, 0.4) is 0 Å². The van der Waals surface area contributed by atoms with Crippen molar-refractivity contribution in [2.45, 2.75) is 43.6 Å². The Balaban J connectivity index is 1.43. The Bertz CT molecular complexity index is 1180. The van der Waals surface area contributed by atoms with Gasteiger partial charge in [-0.2, -0.15) is 4.98 Å². The first-order chi connectivity index (χ1) is 15.8. The Morgan fingerprint density at radius 1 is 1.18 bits per heavy atom. The maximum absolute atomic E-state index is 12.7. The highest BCUT2D eigenvalue weighted by molar-refractivity contribution is 8.00. The molecule has 1 aliphatic carbocycles. The third kappa shape index (κ3) is 5.98. The van der Waals surface area contributed by atoms with Crippen LogP contribution in [0.25, 0.3) is 0 Å². The highest BCUT2D eigenvalue weighted by Gasteiger charge is 2.31. The van der Waals surface area contributed by atoms with Crippen LogP contribution in [-0.2, 0) is 24.2 Å². The Morgan fingerprint density at radius 3 is 2.64 bits per heavy atom. The number of halogens is 3. The van der Waals surface area contributed by atoms with Crippen molar-refractivity contribution in [3.05, 3.63) is 70.2 Å². The first-order valence-electron chi connectivity index (χ1n) is 10.2. The summed E-state index contributed by atoms with van der Waals surface area (Å²) in [5, 5.41) is 3.15. The zero-order valence-electron chi connectivity index (χ0n) is 17.4. The standard InChI is InChI=1S/C22H20F3N3O4S/c23-22(24,25)32-15-9-7-14(8-10-15)26-19(29)13-33-20-17-5-1-2-6-18(17)28(21(30)27-20)12-16-4-3-11-31-16/h3-4,7-11H,1-2,5-6,12-13H2,(H,26,29). The van der Waals surface area contributed by atoms with Crippen molar-refractivity contribution in [2.75, 3.05) is 11.1 Å². The van der Waals surface area contributed by atoms with Crippen LogP contribution in [0.1, 0.15) is 29.9 Å². The first-order valence-corrected chi connectivity index (χ1v) is 11.2. The lowest BCUT2D eigenvalue weighted by Crippen LogP contribution is -2.30.